The standard InChI is InChI=1S/C22H33FN2O/c1-6-20(5)25-22(7-2)13-9-18(3)8-11-21(12-10-19(4)24)14-16-26-17-15-23/h7-14,20,25H,3-4,6,15-17,24H2,1-2,5H3/b11-8+,12-10-,13-9-,21-14-,22-7+. The van der Waals surface area contributed by atoms with E-state index in [4.69, 9.17) is 10.5 Å². The molecule has 0 aromatic rings. The van der Waals surface area contributed by atoms with Gasteiger partial charge in [0.2, 0.25) is 0 Å². The molecule has 0 bridgehead atoms. The van der Waals surface area contributed by atoms with Crippen molar-refractivity contribution in [2.75, 3.05) is 19.9 Å². The summed E-state index contributed by atoms with van der Waals surface area (Å²) in [5, 5.41) is 3.42. The minimum Gasteiger partial charge on any atom is -0.399 e. The number of rotatable bonds is 13. The van der Waals surface area contributed by atoms with Crippen molar-refractivity contribution in [3.8, 4) is 0 Å². The zero-order chi connectivity index (χ0) is 19.8. The second kappa shape index (κ2) is 15.0. The minimum atomic E-state index is -0.492. The highest BCUT2D eigenvalue weighted by Crippen LogP contribution is 2.07. The number of nitrogens with one attached hydrogen (secondary N) is 1. The predicted octanol–water partition coefficient (Wildman–Crippen LogP) is 4.89. The Balaban J connectivity index is 4.91. The molecule has 1 unspecified atom stereocenters. The molecule has 0 aliphatic rings. The second-order valence-electron chi connectivity index (χ2n) is 5.82. The van der Waals surface area contributed by atoms with Gasteiger partial charge in [0, 0.05) is 17.4 Å². The molecule has 0 saturated heterocycles. The molecule has 0 spiro atoms. The number of ether oxygens (including phenoxy) is 1. The fraction of sp³-hybridized carbons (Fsp3) is 0.364. The summed E-state index contributed by atoms with van der Waals surface area (Å²) in [4.78, 5) is 0. The molecule has 3 nitrogen and oxygen atoms in total. The molecule has 0 aromatic carbocycles. The molecule has 26 heavy (non-hydrogen) atoms. The van der Waals surface area contributed by atoms with E-state index in [1.165, 1.54) is 0 Å². The molecule has 4 heteroatoms. The third-order valence-corrected chi connectivity index (χ3v) is 3.45. The smallest absolute Gasteiger partial charge is 0.113 e. The van der Waals surface area contributed by atoms with Crippen molar-refractivity contribution in [1.82, 2.24) is 5.32 Å². The first-order valence-electron chi connectivity index (χ1n) is 8.87. The molecule has 0 saturated carbocycles. The van der Waals surface area contributed by atoms with Crippen LogP contribution in [-0.2, 0) is 4.74 Å². The van der Waals surface area contributed by atoms with Gasteiger partial charge in [0.15, 0.2) is 0 Å². The largest absolute Gasteiger partial charge is 0.399 e. The Morgan fingerprint density at radius 1 is 1.15 bits per heavy atom. The monoisotopic (exact) mass is 360 g/mol. The zero-order valence-corrected chi connectivity index (χ0v) is 16.3. The first-order valence-corrected chi connectivity index (χ1v) is 8.87. The quantitative estimate of drug-likeness (QED) is 0.363. The SMILES string of the molecule is C=C(N)\C=C/C(=C\COCCF)/C=C/C(=C)/C=C\C(=C/C)NC(C)CC. The summed E-state index contributed by atoms with van der Waals surface area (Å²) in [6.07, 6.45) is 16.2. The van der Waals surface area contributed by atoms with Crippen molar-refractivity contribution in [1.29, 1.82) is 0 Å². The number of alkyl halides is 1. The summed E-state index contributed by atoms with van der Waals surface area (Å²) in [6.45, 7) is 13.9. The Hall–Kier alpha value is -2.33. The maximum atomic E-state index is 12.1. The Kier molecular flexibility index (Phi) is 13.6. The Bertz CT molecular complexity index is 583. The summed E-state index contributed by atoms with van der Waals surface area (Å²) in [6, 6.07) is 0.419. The molecule has 0 amide bonds. The molecule has 0 fully saturated rings. The predicted molar refractivity (Wildman–Crippen MR) is 111 cm³/mol. The van der Waals surface area contributed by atoms with Crippen LogP contribution in [0.5, 0.6) is 0 Å². The van der Waals surface area contributed by atoms with Crippen molar-refractivity contribution in [3.63, 3.8) is 0 Å². The molecule has 0 radical (unpaired) electrons. The van der Waals surface area contributed by atoms with Gasteiger partial charge in [0.05, 0.1) is 13.2 Å². The molecule has 144 valence electrons. The van der Waals surface area contributed by atoms with Crippen molar-refractivity contribution >= 4 is 0 Å². The van der Waals surface area contributed by atoms with E-state index in [1.54, 1.807) is 6.08 Å². The highest BCUT2D eigenvalue weighted by atomic mass is 19.1. The van der Waals surface area contributed by atoms with Crippen LogP contribution in [0.15, 0.2) is 84.3 Å². The van der Waals surface area contributed by atoms with Crippen molar-refractivity contribution in [3.05, 3.63) is 84.3 Å². The summed E-state index contributed by atoms with van der Waals surface area (Å²) in [5.74, 6) is 0. The average molecular weight is 361 g/mol. The number of hydrogen-bond donors (Lipinski definition) is 2. The molecule has 0 heterocycles. The summed E-state index contributed by atoms with van der Waals surface area (Å²) in [5.41, 5.74) is 8.82. The number of allylic oxidation sites excluding steroid dienone is 9. The van der Waals surface area contributed by atoms with E-state index in [-0.39, 0.29) is 6.61 Å². The van der Waals surface area contributed by atoms with Gasteiger partial charge in [0.25, 0.3) is 0 Å². The van der Waals surface area contributed by atoms with Crippen molar-refractivity contribution < 1.29 is 9.13 Å². The molecule has 3 N–H and O–H groups in total. The lowest BCUT2D eigenvalue weighted by Gasteiger charge is -2.13. The van der Waals surface area contributed by atoms with Crippen LogP contribution in [0.1, 0.15) is 27.2 Å². The van der Waals surface area contributed by atoms with E-state index >= 15 is 0 Å². The maximum Gasteiger partial charge on any atom is 0.113 e. The average Bonchev–Trinajstić information content (AvgIpc) is 2.63. The van der Waals surface area contributed by atoms with E-state index in [0.717, 1.165) is 23.3 Å². The third kappa shape index (κ3) is 13.0. The molecular weight excluding hydrogens is 327 g/mol. The van der Waals surface area contributed by atoms with E-state index in [2.05, 4.69) is 32.3 Å². The lowest BCUT2D eigenvalue weighted by Crippen LogP contribution is -2.23. The highest BCUT2D eigenvalue weighted by Gasteiger charge is 1.97. The topological polar surface area (TPSA) is 47.3 Å². The minimum absolute atomic E-state index is 0.0889. The van der Waals surface area contributed by atoms with Crippen LogP contribution in [0.2, 0.25) is 0 Å². The van der Waals surface area contributed by atoms with Gasteiger partial charge in [-0.2, -0.15) is 0 Å². The lowest BCUT2D eigenvalue weighted by molar-refractivity contribution is 0.144. The molecule has 1 atom stereocenters. The van der Waals surface area contributed by atoms with Crippen molar-refractivity contribution in [2.24, 2.45) is 5.73 Å². The van der Waals surface area contributed by atoms with Crippen LogP contribution in [0.3, 0.4) is 0 Å². The molecule has 0 aliphatic heterocycles. The van der Waals surface area contributed by atoms with Gasteiger partial charge in [-0.1, -0.05) is 56.5 Å². The lowest BCUT2D eigenvalue weighted by atomic mass is 10.1. The number of hydrogen-bond acceptors (Lipinski definition) is 3. The van der Waals surface area contributed by atoms with Crippen LogP contribution < -0.4 is 11.1 Å². The molecule has 0 rings (SSSR count). The Labute approximate surface area is 158 Å². The van der Waals surface area contributed by atoms with Gasteiger partial charge >= 0.3 is 0 Å². The first kappa shape index (κ1) is 23.7. The van der Waals surface area contributed by atoms with Gasteiger partial charge in [-0.3, -0.25) is 0 Å². The van der Waals surface area contributed by atoms with Crippen LogP contribution >= 0.6 is 0 Å². The normalized spacial score (nSPS) is 14.5. The summed E-state index contributed by atoms with van der Waals surface area (Å²) < 4.78 is 17.2. The Morgan fingerprint density at radius 3 is 2.38 bits per heavy atom. The number of halogens is 1. The highest BCUT2D eigenvalue weighted by molar-refractivity contribution is 5.40. The molecule has 0 aromatic heterocycles. The van der Waals surface area contributed by atoms with E-state index in [0.29, 0.717) is 18.3 Å². The van der Waals surface area contributed by atoms with Crippen LogP contribution in [-0.4, -0.2) is 25.9 Å². The first-order chi connectivity index (χ1) is 12.4. The van der Waals surface area contributed by atoms with E-state index in [9.17, 15) is 4.39 Å². The number of nitrogens with two attached hydrogens (primary N) is 1. The van der Waals surface area contributed by atoms with Gasteiger partial charge in [0.1, 0.15) is 6.67 Å². The van der Waals surface area contributed by atoms with Gasteiger partial charge < -0.3 is 15.8 Å². The third-order valence-electron chi connectivity index (χ3n) is 3.45. The van der Waals surface area contributed by atoms with Crippen molar-refractivity contribution in [2.45, 2.75) is 33.2 Å². The van der Waals surface area contributed by atoms with Gasteiger partial charge in [-0.05, 0) is 43.6 Å². The van der Waals surface area contributed by atoms with E-state index in [1.807, 2.05) is 49.5 Å². The van der Waals surface area contributed by atoms with E-state index < -0.39 is 6.67 Å². The summed E-state index contributed by atoms with van der Waals surface area (Å²) in [7, 11) is 0. The summed E-state index contributed by atoms with van der Waals surface area (Å²) >= 11 is 0. The fourth-order valence-electron chi connectivity index (χ4n) is 1.76. The second-order valence-corrected chi connectivity index (χ2v) is 5.82. The maximum absolute atomic E-state index is 12.1. The van der Waals surface area contributed by atoms with Crippen LogP contribution in [0.4, 0.5) is 4.39 Å². The fourth-order valence-corrected chi connectivity index (χ4v) is 1.76. The van der Waals surface area contributed by atoms with Crippen LogP contribution in [0.25, 0.3) is 0 Å². The zero-order valence-electron chi connectivity index (χ0n) is 16.3. The molecule has 0 aliphatic carbocycles. The Morgan fingerprint density at radius 2 is 1.81 bits per heavy atom. The van der Waals surface area contributed by atoms with Crippen LogP contribution in [0, 0.1) is 0 Å². The molecular formula is C22H33FN2O. The van der Waals surface area contributed by atoms with Gasteiger partial charge in [-0.15, -0.1) is 0 Å². The van der Waals surface area contributed by atoms with Gasteiger partial charge in [-0.25, -0.2) is 4.39 Å².